The maximum Gasteiger partial charge on any atom is 0.164 e. The number of hydrogen-bond acceptors (Lipinski definition) is 5. The lowest BCUT2D eigenvalue weighted by molar-refractivity contribution is 0.487. The molecule has 5 nitrogen and oxygen atoms in total. The van der Waals surface area contributed by atoms with E-state index in [1.165, 1.54) is 0 Å². The molecular weight excluding hydrogens is 661 g/mol. The van der Waals surface area contributed by atoms with Gasteiger partial charge in [0.25, 0.3) is 0 Å². The maximum atomic E-state index is 6.72. The number of hydrogen-bond donors (Lipinski definition) is 0. The van der Waals surface area contributed by atoms with Crippen LogP contribution in [-0.2, 0) is 0 Å². The van der Waals surface area contributed by atoms with Crippen molar-refractivity contribution in [1.82, 2.24) is 15.0 Å². The summed E-state index contributed by atoms with van der Waals surface area (Å²) in [5.41, 5.74) is 10.5. The van der Waals surface area contributed by atoms with Gasteiger partial charge < -0.3 is 9.64 Å². The third-order valence-electron chi connectivity index (χ3n) is 9.92. The highest BCUT2D eigenvalue weighted by molar-refractivity contribution is 6.11. The SMILES string of the molecule is c1ccc(-c2nc(-c3ccccc3)nc(-c3ccc(-c4ccc5c(c4)Oc4ccc(N(c6ccccc6)c6ccccc6)c6cccc-5c46)cc3)n2)cc1. The molecule has 0 atom stereocenters. The fourth-order valence-electron chi connectivity index (χ4n) is 7.32. The van der Waals surface area contributed by atoms with Gasteiger partial charge in [-0.25, -0.2) is 15.0 Å². The van der Waals surface area contributed by atoms with Gasteiger partial charge in [-0.1, -0.05) is 146 Å². The Balaban J connectivity index is 1.01. The minimum absolute atomic E-state index is 0.630. The Morgan fingerprint density at radius 1 is 0.352 bits per heavy atom. The van der Waals surface area contributed by atoms with E-state index < -0.39 is 0 Å². The van der Waals surface area contributed by atoms with Crippen LogP contribution in [0.2, 0.25) is 0 Å². The second kappa shape index (κ2) is 13.3. The monoisotopic (exact) mass is 692 g/mol. The number of anilines is 3. The van der Waals surface area contributed by atoms with Crippen LogP contribution in [0.4, 0.5) is 17.1 Å². The van der Waals surface area contributed by atoms with Gasteiger partial charge in [0.2, 0.25) is 0 Å². The minimum atomic E-state index is 0.630. The third kappa shape index (κ3) is 5.65. The van der Waals surface area contributed by atoms with E-state index in [-0.39, 0.29) is 0 Å². The third-order valence-corrected chi connectivity index (χ3v) is 9.92. The van der Waals surface area contributed by atoms with Crippen LogP contribution < -0.4 is 9.64 Å². The molecule has 0 saturated heterocycles. The highest BCUT2D eigenvalue weighted by Crippen LogP contribution is 2.51. The van der Waals surface area contributed by atoms with Crippen LogP contribution in [0.1, 0.15) is 0 Å². The standard InChI is InChI=1S/C49H32N4O/c1-5-14-34(15-6-1)47-50-48(35-16-7-2-8-17-35)52-49(51-47)36-26-24-33(25-27-36)37-28-29-40-41-22-13-23-42-43(30-31-44(46(41)42)54-45(40)32-37)53(38-18-9-3-10-19-38)39-20-11-4-12-21-39/h1-32H. The van der Waals surface area contributed by atoms with Crippen molar-refractivity contribution in [2.45, 2.75) is 0 Å². The number of fused-ring (bicyclic) bond motifs is 2. The highest BCUT2D eigenvalue weighted by Gasteiger charge is 2.24. The van der Waals surface area contributed by atoms with Gasteiger partial charge in [-0.3, -0.25) is 0 Å². The van der Waals surface area contributed by atoms with Crippen molar-refractivity contribution in [3.8, 4) is 67.9 Å². The van der Waals surface area contributed by atoms with Gasteiger partial charge in [0.05, 0.1) is 5.69 Å². The van der Waals surface area contributed by atoms with Crippen molar-refractivity contribution in [3.05, 3.63) is 194 Å². The molecule has 1 aliphatic heterocycles. The Hall–Kier alpha value is -7.37. The summed E-state index contributed by atoms with van der Waals surface area (Å²) in [4.78, 5) is 17.0. The summed E-state index contributed by atoms with van der Waals surface area (Å²) in [6.45, 7) is 0. The largest absolute Gasteiger partial charge is 0.456 e. The van der Waals surface area contributed by atoms with E-state index in [0.29, 0.717) is 17.5 Å². The number of ether oxygens (including phenoxy) is 1. The fraction of sp³-hybridized carbons (Fsp3) is 0. The molecule has 0 N–H and O–H groups in total. The summed E-state index contributed by atoms with van der Waals surface area (Å²) in [7, 11) is 0. The molecule has 8 aromatic carbocycles. The first-order valence-electron chi connectivity index (χ1n) is 18.0. The van der Waals surface area contributed by atoms with Gasteiger partial charge in [-0.05, 0) is 65.2 Å². The van der Waals surface area contributed by atoms with E-state index in [1.807, 2.05) is 60.7 Å². The van der Waals surface area contributed by atoms with Crippen molar-refractivity contribution in [2.24, 2.45) is 0 Å². The Morgan fingerprint density at radius 3 is 1.43 bits per heavy atom. The lowest BCUT2D eigenvalue weighted by atomic mass is 9.92. The zero-order valence-corrected chi connectivity index (χ0v) is 29.2. The first-order chi connectivity index (χ1) is 26.8. The summed E-state index contributed by atoms with van der Waals surface area (Å²) < 4.78 is 6.72. The molecule has 1 aromatic heterocycles. The molecule has 0 amide bonds. The molecule has 0 fully saturated rings. The molecule has 0 aliphatic carbocycles. The number of nitrogens with zero attached hydrogens (tertiary/aromatic N) is 4. The summed E-state index contributed by atoms with van der Waals surface area (Å²) in [6, 6.07) is 66.8. The molecule has 9 aromatic rings. The molecule has 0 saturated carbocycles. The van der Waals surface area contributed by atoms with Crippen molar-refractivity contribution < 1.29 is 4.74 Å². The molecule has 2 heterocycles. The van der Waals surface area contributed by atoms with Crippen LogP contribution in [0.25, 0.3) is 67.2 Å². The zero-order chi connectivity index (χ0) is 35.8. The highest BCUT2D eigenvalue weighted by atomic mass is 16.5. The Morgan fingerprint density at radius 2 is 0.852 bits per heavy atom. The van der Waals surface area contributed by atoms with Gasteiger partial charge in [0.1, 0.15) is 11.5 Å². The predicted octanol–water partition coefficient (Wildman–Crippen LogP) is 12.9. The van der Waals surface area contributed by atoms with Crippen LogP contribution in [0, 0.1) is 0 Å². The van der Waals surface area contributed by atoms with Gasteiger partial charge in [0.15, 0.2) is 17.5 Å². The Labute approximate surface area is 313 Å². The van der Waals surface area contributed by atoms with Crippen molar-refractivity contribution in [2.75, 3.05) is 4.90 Å². The average molecular weight is 693 g/mol. The summed E-state index contributed by atoms with van der Waals surface area (Å²) in [6.07, 6.45) is 0. The van der Waals surface area contributed by atoms with E-state index in [4.69, 9.17) is 19.7 Å². The Bertz CT molecular complexity index is 2680. The molecule has 0 radical (unpaired) electrons. The molecule has 0 bridgehead atoms. The molecule has 1 aliphatic rings. The molecular formula is C49H32N4O. The average Bonchev–Trinajstić information content (AvgIpc) is 3.26. The quantitative estimate of drug-likeness (QED) is 0.166. The number of benzene rings is 8. The summed E-state index contributed by atoms with van der Waals surface area (Å²) >= 11 is 0. The van der Waals surface area contributed by atoms with Crippen molar-refractivity contribution >= 4 is 27.8 Å². The van der Waals surface area contributed by atoms with Crippen LogP contribution >= 0.6 is 0 Å². The van der Waals surface area contributed by atoms with E-state index in [9.17, 15) is 0 Å². The second-order valence-corrected chi connectivity index (χ2v) is 13.2. The van der Waals surface area contributed by atoms with Gasteiger partial charge in [0, 0.05) is 44.4 Å². The number of para-hydroxylation sites is 2. The zero-order valence-electron chi connectivity index (χ0n) is 29.2. The van der Waals surface area contributed by atoms with Gasteiger partial charge in [-0.15, -0.1) is 0 Å². The van der Waals surface area contributed by atoms with Crippen LogP contribution in [0.3, 0.4) is 0 Å². The minimum Gasteiger partial charge on any atom is -0.456 e. The molecule has 10 rings (SSSR count). The van der Waals surface area contributed by atoms with Crippen molar-refractivity contribution in [1.29, 1.82) is 0 Å². The fourth-order valence-corrected chi connectivity index (χ4v) is 7.32. The topological polar surface area (TPSA) is 51.1 Å². The number of aromatic nitrogens is 3. The molecule has 254 valence electrons. The van der Waals surface area contributed by atoms with Gasteiger partial charge >= 0.3 is 0 Å². The molecule has 0 unspecified atom stereocenters. The summed E-state index contributed by atoms with van der Waals surface area (Å²) in [5.74, 6) is 3.61. The first kappa shape index (κ1) is 31.4. The van der Waals surface area contributed by atoms with Crippen LogP contribution in [-0.4, -0.2) is 15.0 Å². The smallest absolute Gasteiger partial charge is 0.164 e. The summed E-state index contributed by atoms with van der Waals surface area (Å²) in [5, 5.41) is 2.24. The normalized spacial score (nSPS) is 11.5. The lowest BCUT2D eigenvalue weighted by Crippen LogP contribution is -2.11. The molecule has 5 heteroatoms. The number of rotatable bonds is 7. The molecule has 54 heavy (non-hydrogen) atoms. The van der Waals surface area contributed by atoms with Crippen LogP contribution in [0.5, 0.6) is 11.5 Å². The van der Waals surface area contributed by atoms with E-state index >= 15 is 0 Å². The van der Waals surface area contributed by atoms with E-state index in [2.05, 4.69) is 138 Å². The lowest BCUT2D eigenvalue weighted by Gasteiger charge is -2.29. The van der Waals surface area contributed by atoms with E-state index in [1.54, 1.807) is 0 Å². The first-order valence-corrected chi connectivity index (χ1v) is 18.0. The second-order valence-electron chi connectivity index (χ2n) is 13.2. The Kier molecular flexibility index (Phi) is 7.73. The van der Waals surface area contributed by atoms with E-state index in [0.717, 1.165) is 78.3 Å². The van der Waals surface area contributed by atoms with Crippen molar-refractivity contribution in [3.63, 3.8) is 0 Å². The molecule has 0 spiro atoms. The van der Waals surface area contributed by atoms with Crippen LogP contribution in [0.15, 0.2) is 194 Å². The maximum absolute atomic E-state index is 6.72. The van der Waals surface area contributed by atoms with Gasteiger partial charge in [-0.2, -0.15) is 0 Å². The predicted molar refractivity (Wildman–Crippen MR) is 219 cm³/mol.